The molecule has 1 aromatic heterocycles. The molecule has 7 heteroatoms. The third-order valence-electron chi connectivity index (χ3n) is 4.74. The molecule has 1 N–H and O–H groups in total. The number of hydrogen-bond donors (Lipinski definition) is 1. The van der Waals surface area contributed by atoms with Gasteiger partial charge in [-0.3, -0.25) is 0 Å². The standard InChI is InChI=1S/C25H21N3O4/c1-31-22-13-20-21(14-23(22)32-15-18-5-3-2-4-6-18)26-16-27-25(20)28-19-10-7-17(8-11-19)9-12-24(29)30/h2-14,16H,15H2,1H3,(H,29,30)(H,26,27,28)/p-1/b12-9+. The zero-order chi connectivity index (χ0) is 22.3. The van der Waals surface area contributed by atoms with Crippen LogP contribution in [0.4, 0.5) is 11.5 Å². The van der Waals surface area contributed by atoms with Crippen LogP contribution in [0, 0.1) is 0 Å². The highest BCUT2D eigenvalue weighted by Crippen LogP contribution is 2.35. The third-order valence-corrected chi connectivity index (χ3v) is 4.74. The summed E-state index contributed by atoms with van der Waals surface area (Å²) in [5, 5.41) is 14.6. The van der Waals surface area contributed by atoms with Gasteiger partial charge in [0.15, 0.2) is 11.5 Å². The molecule has 1 heterocycles. The second-order valence-electron chi connectivity index (χ2n) is 6.92. The minimum Gasteiger partial charge on any atom is -0.545 e. The summed E-state index contributed by atoms with van der Waals surface area (Å²) in [7, 11) is 1.59. The number of carbonyl (C=O) groups is 1. The molecule has 0 saturated heterocycles. The van der Waals surface area contributed by atoms with E-state index in [-0.39, 0.29) is 0 Å². The summed E-state index contributed by atoms with van der Waals surface area (Å²) in [6, 6.07) is 20.8. The van der Waals surface area contributed by atoms with Crippen molar-refractivity contribution < 1.29 is 19.4 Å². The van der Waals surface area contributed by atoms with E-state index in [0.29, 0.717) is 29.4 Å². The topological polar surface area (TPSA) is 96.4 Å². The van der Waals surface area contributed by atoms with E-state index >= 15 is 0 Å². The van der Waals surface area contributed by atoms with Crippen molar-refractivity contribution in [2.75, 3.05) is 12.4 Å². The first-order chi connectivity index (χ1) is 15.6. The Hall–Kier alpha value is -4.39. The van der Waals surface area contributed by atoms with Crippen molar-refractivity contribution in [1.82, 2.24) is 9.97 Å². The number of rotatable bonds is 8. The molecule has 0 amide bonds. The van der Waals surface area contributed by atoms with Crippen LogP contribution in [0.15, 0.2) is 79.1 Å². The molecule has 7 nitrogen and oxygen atoms in total. The van der Waals surface area contributed by atoms with Crippen LogP contribution in [0.1, 0.15) is 11.1 Å². The molecule has 0 radical (unpaired) electrons. The van der Waals surface area contributed by atoms with Crippen molar-refractivity contribution in [3.63, 3.8) is 0 Å². The maximum atomic E-state index is 10.6. The molecular formula is C25H20N3O4-. The molecule has 3 aromatic carbocycles. The second kappa shape index (κ2) is 9.61. The van der Waals surface area contributed by atoms with Gasteiger partial charge in [-0.05, 0) is 35.4 Å². The van der Waals surface area contributed by atoms with E-state index in [9.17, 15) is 9.90 Å². The average molecular weight is 426 g/mol. The lowest BCUT2D eigenvalue weighted by Gasteiger charge is -2.14. The second-order valence-corrected chi connectivity index (χ2v) is 6.92. The van der Waals surface area contributed by atoms with E-state index in [2.05, 4.69) is 15.3 Å². The first kappa shape index (κ1) is 20.9. The predicted molar refractivity (Wildman–Crippen MR) is 121 cm³/mol. The fourth-order valence-electron chi connectivity index (χ4n) is 3.15. The number of hydrogen-bond acceptors (Lipinski definition) is 7. The van der Waals surface area contributed by atoms with Gasteiger partial charge >= 0.3 is 0 Å². The molecule has 0 unspecified atom stereocenters. The van der Waals surface area contributed by atoms with Crippen molar-refractivity contribution in [3.8, 4) is 11.5 Å². The maximum absolute atomic E-state index is 10.6. The zero-order valence-electron chi connectivity index (χ0n) is 17.3. The molecule has 160 valence electrons. The molecule has 0 fully saturated rings. The lowest BCUT2D eigenvalue weighted by atomic mass is 10.1. The Morgan fingerprint density at radius 1 is 1.03 bits per heavy atom. The van der Waals surface area contributed by atoms with E-state index in [1.807, 2.05) is 54.6 Å². The number of benzene rings is 3. The summed E-state index contributed by atoms with van der Waals surface area (Å²) in [5.74, 6) is 0.549. The monoisotopic (exact) mass is 426 g/mol. The highest BCUT2D eigenvalue weighted by atomic mass is 16.5. The molecule has 0 spiro atoms. The fraction of sp³-hybridized carbons (Fsp3) is 0.0800. The molecule has 0 saturated carbocycles. The van der Waals surface area contributed by atoms with Crippen LogP contribution in [0.25, 0.3) is 17.0 Å². The van der Waals surface area contributed by atoms with Crippen LogP contribution in [-0.4, -0.2) is 23.0 Å². The van der Waals surface area contributed by atoms with Gasteiger partial charge in [0.05, 0.1) is 18.6 Å². The first-order valence-electron chi connectivity index (χ1n) is 9.88. The number of carboxylic acids is 1. The van der Waals surface area contributed by atoms with Crippen LogP contribution < -0.4 is 19.9 Å². The van der Waals surface area contributed by atoms with Gasteiger partial charge in [-0.2, -0.15) is 0 Å². The Bertz CT molecular complexity index is 1260. The Labute approximate surface area is 185 Å². The maximum Gasteiger partial charge on any atom is 0.163 e. The van der Waals surface area contributed by atoms with E-state index < -0.39 is 5.97 Å². The van der Waals surface area contributed by atoms with Gasteiger partial charge in [0.25, 0.3) is 0 Å². The highest BCUT2D eigenvalue weighted by Gasteiger charge is 2.12. The van der Waals surface area contributed by atoms with Gasteiger partial charge in [0, 0.05) is 17.1 Å². The van der Waals surface area contributed by atoms with E-state index in [1.165, 1.54) is 12.4 Å². The highest BCUT2D eigenvalue weighted by molar-refractivity contribution is 5.93. The normalized spacial score (nSPS) is 10.9. The molecule has 0 aliphatic carbocycles. The van der Waals surface area contributed by atoms with Gasteiger partial charge in [-0.25, -0.2) is 9.97 Å². The van der Waals surface area contributed by atoms with Crippen LogP contribution in [-0.2, 0) is 11.4 Å². The summed E-state index contributed by atoms with van der Waals surface area (Å²) in [6.45, 7) is 0.414. The van der Waals surface area contributed by atoms with Crippen molar-refractivity contribution in [2.24, 2.45) is 0 Å². The number of carboxylic acid groups (broad SMARTS) is 1. The SMILES string of the molecule is COc1cc2c(Nc3ccc(/C=C/C(=O)[O-])cc3)ncnc2cc1OCc1ccccc1. The number of methoxy groups -OCH3 is 1. The summed E-state index contributed by atoms with van der Waals surface area (Å²) < 4.78 is 11.5. The average Bonchev–Trinajstić information content (AvgIpc) is 2.82. The molecule has 0 aliphatic heterocycles. The van der Waals surface area contributed by atoms with E-state index in [0.717, 1.165) is 28.3 Å². The fourth-order valence-corrected chi connectivity index (χ4v) is 3.15. The van der Waals surface area contributed by atoms with E-state index in [1.54, 1.807) is 19.2 Å². The van der Waals surface area contributed by atoms with E-state index in [4.69, 9.17) is 9.47 Å². The Balaban J connectivity index is 1.58. The summed E-state index contributed by atoms with van der Waals surface area (Å²) in [4.78, 5) is 19.3. The van der Waals surface area contributed by atoms with Crippen LogP contribution in [0.5, 0.6) is 11.5 Å². The number of aliphatic carboxylic acids is 1. The number of ether oxygens (including phenoxy) is 2. The Morgan fingerprint density at radius 2 is 1.81 bits per heavy atom. The number of nitrogens with zero attached hydrogens (tertiary/aromatic N) is 2. The number of anilines is 2. The minimum atomic E-state index is -1.24. The van der Waals surface area contributed by atoms with Crippen molar-refractivity contribution in [3.05, 3.63) is 90.3 Å². The molecule has 4 rings (SSSR count). The Morgan fingerprint density at radius 3 is 2.53 bits per heavy atom. The quantitative estimate of drug-likeness (QED) is 0.429. The lowest BCUT2D eigenvalue weighted by molar-refractivity contribution is -0.297. The van der Waals surface area contributed by atoms with Gasteiger partial charge in [0.2, 0.25) is 0 Å². The van der Waals surface area contributed by atoms with Crippen molar-refractivity contribution in [1.29, 1.82) is 0 Å². The summed E-state index contributed by atoms with van der Waals surface area (Å²) in [6.07, 6.45) is 3.94. The van der Waals surface area contributed by atoms with Crippen LogP contribution in [0.2, 0.25) is 0 Å². The number of fused-ring (bicyclic) bond motifs is 1. The van der Waals surface area contributed by atoms with Crippen molar-refractivity contribution in [2.45, 2.75) is 6.61 Å². The summed E-state index contributed by atoms with van der Waals surface area (Å²) in [5.41, 5.74) is 3.30. The lowest BCUT2D eigenvalue weighted by Crippen LogP contribution is -2.18. The van der Waals surface area contributed by atoms with Crippen LogP contribution >= 0.6 is 0 Å². The van der Waals surface area contributed by atoms with Gasteiger partial charge in [-0.15, -0.1) is 0 Å². The van der Waals surface area contributed by atoms with Crippen molar-refractivity contribution >= 4 is 34.5 Å². The predicted octanol–water partition coefficient (Wildman–Crippen LogP) is 3.72. The number of nitrogens with one attached hydrogen (secondary N) is 1. The third kappa shape index (κ3) is 5.02. The number of aromatic nitrogens is 2. The molecule has 0 bridgehead atoms. The smallest absolute Gasteiger partial charge is 0.163 e. The largest absolute Gasteiger partial charge is 0.545 e. The molecule has 0 aliphatic rings. The zero-order valence-corrected chi connectivity index (χ0v) is 17.3. The number of carbonyl (C=O) groups excluding carboxylic acids is 1. The molecular weight excluding hydrogens is 406 g/mol. The van der Waals surface area contributed by atoms with Gasteiger partial charge in [-0.1, -0.05) is 48.5 Å². The molecule has 32 heavy (non-hydrogen) atoms. The molecule has 0 atom stereocenters. The van der Waals surface area contributed by atoms with Gasteiger partial charge < -0.3 is 24.7 Å². The first-order valence-corrected chi connectivity index (χ1v) is 9.88. The van der Waals surface area contributed by atoms with Crippen LogP contribution in [0.3, 0.4) is 0 Å². The minimum absolute atomic E-state index is 0.414. The summed E-state index contributed by atoms with van der Waals surface area (Å²) >= 11 is 0. The Kier molecular flexibility index (Phi) is 6.27. The van der Waals surface area contributed by atoms with Gasteiger partial charge in [0.1, 0.15) is 18.8 Å². The molecule has 4 aromatic rings.